The molecule has 1 N–H and O–H groups in total. The second-order valence-electron chi connectivity index (χ2n) is 4.14. The van der Waals surface area contributed by atoms with E-state index in [0.29, 0.717) is 0 Å². The quantitative estimate of drug-likeness (QED) is 0.702. The molecule has 1 atom stereocenters. The molecule has 0 aromatic heterocycles. The van der Waals surface area contributed by atoms with Crippen LogP contribution >= 0.6 is 31.9 Å². The highest BCUT2D eigenvalue weighted by Crippen LogP contribution is 2.39. The van der Waals surface area contributed by atoms with Crippen molar-refractivity contribution in [3.8, 4) is 0 Å². The number of aryl methyl sites for hydroxylation is 1. The molecule has 0 saturated heterocycles. The Morgan fingerprint density at radius 3 is 2.80 bits per heavy atom. The van der Waals surface area contributed by atoms with Crippen molar-refractivity contribution in [2.45, 2.75) is 38.7 Å². The van der Waals surface area contributed by atoms with E-state index in [1.807, 2.05) is 0 Å². The number of benzene rings is 1. The fourth-order valence-corrected chi connectivity index (χ4v) is 3.57. The molecule has 0 heterocycles. The molecule has 0 spiro atoms. The van der Waals surface area contributed by atoms with Crippen LogP contribution in [0.3, 0.4) is 0 Å². The Morgan fingerprint density at radius 1 is 1.33 bits per heavy atom. The van der Waals surface area contributed by atoms with Crippen molar-refractivity contribution in [1.82, 2.24) is 0 Å². The highest BCUT2D eigenvalue weighted by molar-refractivity contribution is 9.11. The van der Waals surface area contributed by atoms with Gasteiger partial charge in [0.25, 0.3) is 0 Å². The standard InChI is InChI=1S/C12H14Br2O/c1-7-6-9(13)8-4-2-3-5-10(15)11(8)12(7)14/h6,10,15H,2-5H2,1H3/t10-/m1/s1. The Morgan fingerprint density at radius 2 is 2.07 bits per heavy atom. The smallest absolute Gasteiger partial charge is 0.0804 e. The molecule has 0 amide bonds. The van der Waals surface area contributed by atoms with Crippen LogP contribution in [0.4, 0.5) is 0 Å². The number of rotatable bonds is 0. The van der Waals surface area contributed by atoms with Gasteiger partial charge in [-0.25, -0.2) is 0 Å². The number of aliphatic hydroxyl groups excluding tert-OH is 1. The van der Waals surface area contributed by atoms with Crippen molar-refractivity contribution >= 4 is 31.9 Å². The van der Waals surface area contributed by atoms with Crippen LogP contribution in [0.15, 0.2) is 15.0 Å². The van der Waals surface area contributed by atoms with Gasteiger partial charge in [0.2, 0.25) is 0 Å². The number of aliphatic hydroxyl groups is 1. The zero-order valence-electron chi connectivity index (χ0n) is 8.69. The molecule has 1 aromatic carbocycles. The summed E-state index contributed by atoms with van der Waals surface area (Å²) in [5, 5.41) is 10.1. The first-order chi connectivity index (χ1) is 7.11. The van der Waals surface area contributed by atoms with Gasteiger partial charge in [-0.3, -0.25) is 0 Å². The van der Waals surface area contributed by atoms with Gasteiger partial charge in [0, 0.05) is 8.95 Å². The van der Waals surface area contributed by atoms with Gasteiger partial charge >= 0.3 is 0 Å². The molecule has 0 bridgehead atoms. The van der Waals surface area contributed by atoms with Gasteiger partial charge in [0.05, 0.1) is 6.10 Å². The lowest BCUT2D eigenvalue weighted by atomic mass is 9.99. The molecule has 82 valence electrons. The maximum absolute atomic E-state index is 10.1. The lowest BCUT2D eigenvalue weighted by molar-refractivity contribution is 0.166. The fourth-order valence-electron chi connectivity index (χ4n) is 2.20. The molecule has 1 aliphatic rings. The third-order valence-corrected chi connectivity index (χ3v) is 4.79. The number of hydrogen-bond donors (Lipinski definition) is 1. The summed E-state index contributed by atoms with van der Waals surface area (Å²) < 4.78 is 2.22. The van der Waals surface area contributed by atoms with E-state index in [9.17, 15) is 5.11 Å². The average Bonchev–Trinajstić information content (AvgIpc) is 2.37. The van der Waals surface area contributed by atoms with Gasteiger partial charge in [-0.15, -0.1) is 0 Å². The van der Waals surface area contributed by atoms with E-state index in [0.717, 1.165) is 40.2 Å². The van der Waals surface area contributed by atoms with Crippen molar-refractivity contribution in [3.05, 3.63) is 31.7 Å². The van der Waals surface area contributed by atoms with Crippen LogP contribution < -0.4 is 0 Å². The summed E-state index contributed by atoms with van der Waals surface area (Å²) in [7, 11) is 0. The predicted octanol–water partition coefficient (Wildman–Crippen LogP) is 4.28. The molecule has 0 aliphatic heterocycles. The first-order valence-corrected chi connectivity index (χ1v) is 6.85. The Balaban J connectivity index is 2.63. The van der Waals surface area contributed by atoms with Crippen LogP contribution in [0.1, 0.15) is 42.1 Å². The molecule has 2 rings (SSSR count). The maximum atomic E-state index is 10.1. The van der Waals surface area contributed by atoms with E-state index in [4.69, 9.17) is 0 Å². The highest BCUT2D eigenvalue weighted by atomic mass is 79.9. The van der Waals surface area contributed by atoms with Gasteiger partial charge < -0.3 is 5.11 Å². The summed E-state index contributed by atoms with van der Waals surface area (Å²) in [6.07, 6.45) is 3.90. The Hall–Kier alpha value is 0.140. The summed E-state index contributed by atoms with van der Waals surface area (Å²) in [5.41, 5.74) is 3.55. The molecule has 0 fully saturated rings. The van der Waals surface area contributed by atoms with Crippen LogP contribution in [0.25, 0.3) is 0 Å². The van der Waals surface area contributed by atoms with Crippen LogP contribution in [-0.2, 0) is 6.42 Å². The summed E-state index contributed by atoms with van der Waals surface area (Å²) in [6, 6.07) is 2.13. The molecular formula is C12H14Br2O. The van der Waals surface area contributed by atoms with E-state index >= 15 is 0 Å². The van der Waals surface area contributed by atoms with E-state index in [-0.39, 0.29) is 6.10 Å². The third-order valence-electron chi connectivity index (χ3n) is 3.03. The normalized spacial score (nSPS) is 20.9. The van der Waals surface area contributed by atoms with Crippen LogP contribution in [-0.4, -0.2) is 5.11 Å². The summed E-state index contributed by atoms with van der Waals surface area (Å²) in [5.74, 6) is 0. The third kappa shape index (κ3) is 2.15. The Bertz CT molecular complexity index is 388. The minimum atomic E-state index is -0.312. The zero-order valence-corrected chi connectivity index (χ0v) is 11.9. The minimum Gasteiger partial charge on any atom is -0.388 e. The Labute approximate surface area is 107 Å². The molecule has 0 saturated carbocycles. The second kappa shape index (κ2) is 4.56. The SMILES string of the molecule is Cc1cc(Br)c2c(c1Br)[C@H](O)CCCC2. The summed E-state index contributed by atoms with van der Waals surface area (Å²) in [6.45, 7) is 2.06. The molecule has 0 radical (unpaired) electrons. The number of fused-ring (bicyclic) bond motifs is 1. The van der Waals surface area contributed by atoms with Crippen LogP contribution in [0.2, 0.25) is 0 Å². The van der Waals surface area contributed by atoms with Crippen molar-refractivity contribution < 1.29 is 5.11 Å². The molecular weight excluding hydrogens is 320 g/mol. The van der Waals surface area contributed by atoms with Gasteiger partial charge in [0.1, 0.15) is 0 Å². The fraction of sp³-hybridized carbons (Fsp3) is 0.500. The summed E-state index contributed by atoms with van der Waals surface area (Å²) >= 11 is 7.19. The number of hydrogen-bond acceptors (Lipinski definition) is 1. The van der Waals surface area contributed by atoms with Crippen molar-refractivity contribution in [3.63, 3.8) is 0 Å². The molecule has 15 heavy (non-hydrogen) atoms. The molecule has 0 unspecified atom stereocenters. The largest absolute Gasteiger partial charge is 0.388 e. The molecule has 1 nitrogen and oxygen atoms in total. The predicted molar refractivity (Wildman–Crippen MR) is 69.1 cm³/mol. The number of halogens is 2. The lowest BCUT2D eigenvalue weighted by Crippen LogP contribution is -2.02. The van der Waals surface area contributed by atoms with Crippen molar-refractivity contribution in [1.29, 1.82) is 0 Å². The lowest BCUT2D eigenvalue weighted by Gasteiger charge is -2.17. The topological polar surface area (TPSA) is 20.2 Å². The zero-order chi connectivity index (χ0) is 11.0. The molecule has 3 heteroatoms. The maximum Gasteiger partial charge on any atom is 0.0804 e. The van der Waals surface area contributed by atoms with E-state index in [1.165, 1.54) is 11.1 Å². The van der Waals surface area contributed by atoms with E-state index in [2.05, 4.69) is 44.8 Å². The first kappa shape index (κ1) is 11.6. The molecule has 1 aliphatic carbocycles. The van der Waals surface area contributed by atoms with Crippen LogP contribution in [0, 0.1) is 6.92 Å². The minimum absolute atomic E-state index is 0.312. The first-order valence-electron chi connectivity index (χ1n) is 5.26. The van der Waals surface area contributed by atoms with Crippen molar-refractivity contribution in [2.75, 3.05) is 0 Å². The van der Waals surface area contributed by atoms with E-state index in [1.54, 1.807) is 0 Å². The average molecular weight is 334 g/mol. The second-order valence-corrected chi connectivity index (χ2v) is 5.79. The molecule has 1 aromatic rings. The van der Waals surface area contributed by atoms with Gasteiger partial charge in [-0.05, 0) is 48.9 Å². The van der Waals surface area contributed by atoms with E-state index < -0.39 is 0 Å². The summed E-state index contributed by atoms with van der Waals surface area (Å²) in [4.78, 5) is 0. The van der Waals surface area contributed by atoms with Crippen LogP contribution in [0.5, 0.6) is 0 Å². The Kier molecular flexibility index (Phi) is 3.53. The van der Waals surface area contributed by atoms with Gasteiger partial charge in [-0.1, -0.05) is 38.3 Å². The van der Waals surface area contributed by atoms with Gasteiger partial charge in [-0.2, -0.15) is 0 Å². The van der Waals surface area contributed by atoms with Gasteiger partial charge in [0.15, 0.2) is 0 Å². The highest BCUT2D eigenvalue weighted by Gasteiger charge is 2.22. The van der Waals surface area contributed by atoms with Crippen molar-refractivity contribution in [2.24, 2.45) is 0 Å². The monoisotopic (exact) mass is 332 g/mol.